The molecule has 16 heavy (non-hydrogen) atoms. The summed E-state index contributed by atoms with van der Waals surface area (Å²) in [5, 5.41) is 0.678. The summed E-state index contributed by atoms with van der Waals surface area (Å²) >= 11 is 0. The molecule has 84 valence electrons. The van der Waals surface area contributed by atoms with E-state index < -0.39 is 9.84 Å². The molecule has 0 atom stereocenters. The zero-order valence-corrected chi connectivity index (χ0v) is 9.66. The molecule has 0 aliphatic carbocycles. The van der Waals surface area contributed by atoms with E-state index in [1.165, 1.54) is 6.07 Å². The average Bonchev–Trinajstić information content (AvgIpc) is 2.29. The van der Waals surface area contributed by atoms with Gasteiger partial charge in [-0.15, -0.1) is 0 Å². The predicted octanol–water partition coefficient (Wildman–Crippen LogP) is 1.61. The van der Waals surface area contributed by atoms with Gasteiger partial charge >= 0.3 is 0 Å². The lowest BCUT2D eigenvalue weighted by Crippen LogP contribution is -2.05. The molecule has 1 heterocycles. The topological polar surface area (TPSA) is 73.0 Å². The number of aromatic nitrogens is 1. The van der Waals surface area contributed by atoms with E-state index in [-0.39, 0.29) is 10.6 Å². The summed E-state index contributed by atoms with van der Waals surface area (Å²) in [6.45, 7) is 1.61. The maximum atomic E-state index is 11.8. The molecule has 0 aliphatic heterocycles. The number of benzene rings is 1. The largest absolute Gasteiger partial charge is 0.398 e. The number of fused-ring (bicyclic) bond motifs is 1. The fraction of sp³-hybridized carbons (Fsp3) is 0.182. The number of nitrogen functional groups attached to an aromatic ring is 1. The number of sulfone groups is 1. The van der Waals surface area contributed by atoms with Crippen LogP contribution in [0.15, 0.2) is 35.4 Å². The smallest absolute Gasteiger partial charge is 0.180 e. The van der Waals surface area contributed by atoms with Gasteiger partial charge in [-0.2, -0.15) is 0 Å². The number of rotatable bonds is 2. The standard InChI is InChI=1S/C11H12N2O2S/c1-2-16(14,15)10-6-5-9(12)8-4-3-7-13-11(8)10/h3-7H,2,12H2,1H3. The summed E-state index contributed by atoms with van der Waals surface area (Å²) in [7, 11) is -3.26. The molecule has 0 bridgehead atoms. The molecule has 0 radical (unpaired) electrons. The molecule has 5 heteroatoms. The van der Waals surface area contributed by atoms with E-state index >= 15 is 0 Å². The van der Waals surface area contributed by atoms with Crippen molar-refractivity contribution >= 4 is 26.4 Å². The Bertz CT molecular complexity index is 635. The predicted molar refractivity (Wildman–Crippen MR) is 63.9 cm³/mol. The molecule has 0 unspecified atom stereocenters. The van der Waals surface area contributed by atoms with Crippen molar-refractivity contribution in [2.75, 3.05) is 11.5 Å². The number of hydrogen-bond acceptors (Lipinski definition) is 4. The van der Waals surface area contributed by atoms with Gasteiger partial charge < -0.3 is 5.73 Å². The first kappa shape index (κ1) is 10.9. The lowest BCUT2D eigenvalue weighted by molar-refractivity contribution is 0.598. The van der Waals surface area contributed by atoms with Gasteiger partial charge in [-0.05, 0) is 24.3 Å². The second-order valence-electron chi connectivity index (χ2n) is 3.46. The Hall–Kier alpha value is -1.62. The first-order chi connectivity index (χ1) is 7.56. The van der Waals surface area contributed by atoms with Crippen LogP contribution in [-0.2, 0) is 9.84 Å². The third-order valence-electron chi connectivity index (χ3n) is 2.48. The van der Waals surface area contributed by atoms with E-state index in [4.69, 9.17) is 5.73 Å². The third-order valence-corrected chi connectivity index (χ3v) is 4.24. The van der Waals surface area contributed by atoms with Crippen LogP contribution < -0.4 is 5.73 Å². The molecule has 0 fully saturated rings. The first-order valence-corrected chi connectivity index (χ1v) is 6.57. The van der Waals surface area contributed by atoms with Crippen molar-refractivity contribution in [1.29, 1.82) is 0 Å². The van der Waals surface area contributed by atoms with E-state index in [1.54, 1.807) is 31.3 Å². The van der Waals surface area contributed by atoms with Crippen LogP contribution in [0.1, 0.15) is 6.92 Å². The fourth-order valence-electron chi connectivity index (χ4n) is 1.58. The molecule has 2 rings (SSSR count). The molecule has 2 aromatic rings. The van der Waals surface area contributed by atoms with Crippen molar-refractivity contribution < 1.29 is 8.42 Å². The van der Waals surface area contributed by atoms with Crippen LogP contribution in [-0.4, -0.2) is 19.2 Å². The molecule has 1 aromatic heterocycles. The normalized spacial score (nSPS) is 11.8. The summed E-state index contributed by atoms with van der Waals surface area (Å²) in [6.07, 6.45) is 1.57. The highest BCUT2D eigenvalue weighted by Gasteiger charge is 2.16. The molecule has 0 spiro atoms. The van der Waals surface area contributed by atoms with Crippen LogP contribution >= 0.6 is 0 Å². The molecule has 0 saturated carbocycles. The lowest BCUT2D eigenvalue weighted by atomic mass is 10.2. The van der Waals surface area contributed by atoms with Gasteiger partial charge in [-0.25, -0.2) is 8.42 Å². The Kier molecular flexibility index (Phi) is 2.55. The van der Waals surface area contributed by atoms with Gasteiger partial charge in [0.15, 0.2) is 9.84 Å². The Labute approximate surface area is 94.0 Å². The van der Waals surface area contributed by atoms with Crippen LogP contribution in [0.2, 0.25) is 0 Å². The van der Waals surface area contributed by atoms with Crippen LogP contribution in [0, 0.1) is 0 Å². The van der Waals surface area contributed by atoms with Gasteiger partial charge in [0.05, 0.1) is 16.2 Å². The highest BCUT2D eigenvalue weighted by atomic mass is 32.2. The quantitative estimate of drug-likeness (QED) is 0.804. The molecular weight excluding hydrogens is 224 g/mol. The second-order valence-corrected chi connectivity index (χ2v) is 5.70. The zero-order valence-electron chi connectivity index (χ0n) is 8.84. The maximum Gasteiger partial charge on any atom is 0.180 e. The maximum absolute atomic E-state index is 11.8. The highest BCUT2D eigenvalue weighted by Crippen LogP contribution is 2.26. The van der Waals surface area contributed by atoms with Crippen molar-refractivity contribution in [2.45, 2.75) is 11.8 Å². The Morgan fingerprint density at radius 2 is 2.06 bits per heavy atom. The second kappa shape index (κ2) is 3.75. The van der Waals surface area contributed by atoms with E-state index in [9.17, 15) is 8.42 Å². The van der Waals surface area contributed by atoms with Crippen LogP contribution in [0.4, 0.5) is 5.69 Å². The van der Waals surface area contributed by atoms with Crippen LogP contribution in [0.5, 0.6) is 0 Å². The zero-order chi connectivity index (χ0) is 11.8. The number of nitrogens with two attached hydrogens (primary N) is 1. The van der Waals surface area contributed by atoms with Crippen molar-refractivity contribution in [1.82, 2.24) is 4.98 Å². The number of anilines is 1. The molecule has 4 nitrogen and oxygen atoms in total. The molecule has 0 aliphatic rings. The van der Waals surface area contributed by atoms with E-state index in [0.29, 0.717) is 16.6 Å². The van der Waals surface area contributed by atoms with E-state index in [2.05, 4.69) is 4.98 Å². The first-order valence-electron chi connectivity index (χ1n) is 4.92. The summed E-state index contributed by atoms with van der Waals surface area (Å²) in [6, 6.07) is 6.63. The minimum Gasteiger partial charge on any atom is -0.398 e. The lowest BCUT2D eigenvalue weighted by Gasteiger charge is -2.07. The summed E-state index contributed by atoms with van der Waals surface area (Å²) in [5.41, 5.74) is 6.76. The van der Waals surface area contributed by atoms with Gasteiger partial charge in [0.25, 0.3) is 0 Å². The monoisotopic (exact) mass is 236 g/mol. The van der Waals surface area contributed by atoms with Gasteiger partial charge in [0, 0.05) is 17.3 Å². The fourth-order valence-corrected chi connectivity index (χ4v) is 2.62. The average molecular weight is 236 g/mol. The van der Waals surface area contributed by atoms with Crippen molar-refractivity contribution in [3.63, 3.8) is 0 Å². The molecule has 2 N–H and O–H groups in total. The van der Waals surface area contributed by atoms with Gasteiger partial charge in [-0.3, -0.25) is 4.98 Å². The Morgan fingerprint density at radius 1 is 1.31 bits per heavy atom. The van der Waals surface area contributed by atoms with Gasteiger partial charge in [-0.1, -0.05) is 6.92 Å². The van der Waals surface area contributed by atoms with E-state index in [0.717, 1.165) is 0 Å². The summed E-state index contributed by atoms with van der Waals surface area (Å²) in [5.74, 6) is 0.0581. The Morgan fingerprint density at radius 3 is 2.75 bits per heavy atom. The third kappa shape index (κ3) is 1.63. The molecular formula is C11H12N2O2S. The minimum absolute atomic E-state index is 0.0581. The molecule has 0 saturated heterocycles. The highest BCUT2D eigenvalue weighted by molar-refractivity contribution is 7.91. The van der Waals surface area contributed by atoms with Crippen LogP contribution in [0.3, 0.4) is 0 Å². The number of hydrogen-bond donors (Lipinski definition) is 1. The molecule has 0 amide bonds. The van der Waals surface area contributed by atoms with Gasteiger partial charge in [0.1, 0.15) is 0 Å². The SMILES string of the molecule is CCS(=O)(=O)c1ccc(N)c2cccnc12. The van der Waals surface area contributed by atoms with Gasteiger partial charge in [0.2, 0.25) is 0 Å². The Balaban J connectivity index is 2.88. The number of pyridine rings is 1. The van der Waals surface area contributed by atoms with E-state index in [1.807, 2.05) is 0 Å². The summed E-state index contributed by atoms with van der Waals surface area (Å²) in [4.78, 5) is 4.35. The minimum atomic E-state index is -3.26. The van der Waals surface area contributed by atoms with Crippen molar-refractivity contribution in [2.24, 2.45) is 0 Å². The number of nitrogens with zero attached hydrogens (tertiary/aromatic N) is 1. The van der Waals surface area contributed by atoms with Crippen LogP contribution in [0.25, 0.3) is 10.9 Å². The van der Waals surface area contributed by atoms with Crippen molar-refractivity contribution in [3.8, 4) is 0 Å². The summed E-state index contributed by atoms with van der Waals surface area (Å²) < 4.78 is 23.7. The molecule has 1 aromatic carbocycles. The van der Waals surface area contributed by atoms with Crippen molar-refractivity contribution in [3.05, 3.63) is 30.5 Å².